The largest absolute Gasteiger partial charge is 0.457 e. The summed E-state index contributed by atoms with van der Waals surface area (Å²) in [5.41, 5.74) is 3.49. The van der Waals surface area contributed by atoms with Gasteiger partial charge in [-0.05, 0) is 50.2 Å². The molecule has 3 aromatic carbocycles. The van der Waals surface area contributed by atoms with Crippen molar-refractivity contribution in [1.82, 2.24) is 19.5 Å². The van der Waals surface area contributed by atoms with Crippen molar-refractivity contribution in [3.05, 3.63) is 91.3 Å². The van der Waals surface area contributed by atoms with E-state index in [1.807, 2.05) is 72.8 Å². The third-order valence-electron chi connectivity index (χ3n) is 5.12. The first-order chi connectivity index (χ1) is 15.7. The van der Waals surface area contributed by atoms with Crippen molar-refractivity contribution in [3.8, 4) is 22.9 Å². The van der Waals surface area contributed by atoms with Crippen LogP contribution < -0.4 is 10.1 Å². The predicted molar refractivity (Wildman–Crippen MR) is 127 cm³/mol. The molecular formula is C26H23N5O. The molecule has 5 rings (SSSR count). The Bertz CT molecular complexity index is 1330. The Balaban J connectivity index is 1.47. The molecule has 6 heteroatoms. The van der Waals surface area contributed by atoms with Crippen LogP contribution in [-0.4, -0.2) is 19.5 Å². The van der Waals surface area contributed by atoms with Gasteiger partial charge in [-0.25, -0.2) is 15.0 Å². The van der Waals surface area contributed by atoms with Gasteiger partial charge in [0, 0.05) is 17.3 Å². The topological polar surface area (TPSA) is 64.9 Å². The van der Waals surface area contributed by atoms with Crippen molar-refractivity contribution < 1.29 is 4.74 Å². The number of hydrogen-bond acceptors (Lipinski definition) is 5. The number of nitrogens with one attached hydrogen (secondary N) is 1. The molecule has 0 aliphatic rings. The molecule has 0 unspecified atom stereocenters. The molecule has 5 aromatic rings. The van der Waals surface area contributed by atoms with Crippen molar-refractivity contribution in [3.63, 3.8) is 0 Å². The number of imidazole rings is 1. The van der Waals surface area contributed by atoms with Gasteiger partial charge in [-0.15, -0.1) is 0 Å². The number of anilines is 2. The molecule has 0 aliphatic carbocycles. The Kier molecular flexibility index (Phi) is 5.25. The van der Waals surface area contributed by atoms with Crippen molar-refractivity contribution in [2.24, 2.45) is 0 Å². The number of rotatable bonds is 6. The van der Waals surface area contributed by atoms with E-state index in [4.69, 9.17) is 9.72 Å². The first kappa shape index (κ1) is 19.8. The summed E-state index contributed by atoms with van der Waals surface area (Å²) in [5, 5.41) is 3.39. The minimum absolute atomic E-state index is 0.201. The van der Waals surface area contributed by atoms with Crippen molar-refractivity contribution in [1.29, 1.82) is 0 Å². The second kappa shape index (κ2) is 8.51. The summed E-state index contributed by atoms with van der Waals surface area (Å²) in [6.07, 6.45) is 1.58. The van der Waals surface area contributed by atoms with E-state index in [0.29, 0.717) is 5.82 Å². The standard InChI is InChI=1S/C26H23N5O/c1-18(2)31-25(19-9-5-3-6-10-19)30-23-24(27-17-28-26(23)31)29-20-13-15-22(16-14-20)32-21-11-7-4-8-12-21/h3-18H,1-2H3,(H,27,28,29). The van der Waals surface area contributed by atoms with Gasteiger partial charge in [-0.2, -0.15) is 0 Å². The van der Waals surface area contributed by atoms with Crippen LogP contribution in [0.25, 0.3) is 22.6 Å². The maximum absolute atomic E-state index is 5.88. The summed E-state index contributed by atoms with van der Waals surface area (Å²) in [4.78, 5) is 13.9. The minimum atomic E-state index is 0.201. The number of aromatic nitrogens is 4. The zero-order valence-corrected chi connectivity index (χ0v) is 17.9. The molecule has 0 atom stereocenters. The predicted octanol–water partition coefficient (Wildman–Crippen LogP) is 6.61. The van der Waals surface area contributed by atoms with Gasteiger partial charge in [0.2, 0.25) is 0 Å². The molecule has 0 radical (unpaired) electrons. The van der Waals surface area contributed by atoms with Crippen LogP contribution in [0.3, 0.4) is 0 Å². The van der Waals surface area contributed by atoms with Crippen LogP contribution in [0.1, 0.15) is 19.9 Å². The van der Waals surface area contributed by atoms with Crippen LogP contribution in [0.5, 0.6) is 11.5 Å². The number of fused-ring (bicyclic) bond motifs is 1. The lowest BCUT2D eigenvalue weighted by molar-refractivity contribution is 0.483. The maximum atomic E-state index is 5.88. The number of hydrogen-bond donors (Lipinski definition) is 1. The van der Waals surface area contributed by atoms with Gasteiger partial charge in [-0.3, -0.25) is 0 Å². The van der Waals surface area contributed by atoms with Crippen LogP contribution in [0.2, 0.25) is 0 Å². The molecule has 32 heavy (non-hydrogen) atoms. The third kappa shape index (κ3) is 3.90. The highest BCUT2D eigenvalue weighted by molar-refractivity contribution is 5.88. The molecule has 0 saturated carbocycles. The molecule has 0 aliphatic heterocycles. The minimum Gasteiger partial charge on any atom is -0.457 e. The number of benzene rings is 3. The Hall–Kier alpha value is -4.19. The van der Waals surface area contributed by atoms with Gasteiger partial charge < -0.3 is 14.6 Å². The van der Waals surface area contributed by atoms with Crippen molar-refractivity contribution in [2.45, 2.75) is 19.9 Å². The van der Waals surface area contributed by atoms with E-state index < -0.39 is 0 Å². The number of ether oxygens (including phenoxy) is 1. The molecular weight excluding hydrogens is 398 g/mol. The molecule has 158 valence electrons. The summed E-state index contributed by atoms with van der Waals surface area (Å²) >= 11 is 0. The lowest BCUT2D eigenvalue weighted by Crippen LogP contribution is -2.04. The smallest absolute Gasteiger partial charge is 0.166 e. The first-order valence-corrected chi connectivity index (χ1v) is 10.6. The molecule has 0 amide bonds. The van der Waals surface area contributed by atoms with Crippen LogP contribution in [0, 0.1) is 0 Å². The van der Waals surface area contributed by atoms with E-state index in [1.54, 1.807) is 6.33 Å². The van der Waals surface area contributed by atoms with Crippen LogP contribution >= 0.6 is 0 Å². The lowest BCUT2D eigenvalue weighted by Gasteiger charge is -2.12. The van der Waals surface area contributed by atoms with E-state index in [9.17, 15) is 0 Å². The van der Waals surface area contributed by atoms with Crippen molar-refractivity contribution >= 4 is 22.7 Å². The molecule has 0 fully saturated rings. The van der Waals surface area contributed by atoms with Crippen molar-refractivity contribution in [2.75, 3.05) is 5.32 Å². The van der Waals surface area contributed by atoms with E-state index in [2.05, 4.69) is 45.8 Å². The van der Waals surface area contributed by atoms with Crippen LogP contribution in [0.4, 0.5) is 11.5 Å². The Morgan fingerprint density at radius 2 is 1.44 bits per heavy atom. The van der Waals surface area contributed by atoms with Crippen LogP contribution in [0.15, 0.2) is 91.3 Å². The average molecular weight is 422 g/mol. The summed E-state index contributed by atoms with van der Waals surface area (Å²) < 4.78 is 8.03. The average Bonchev–Trinajstić information content (AvgIpc) is 3.23. The summed E-state index contributed by atoms with van der Waals surface area (Å²) in [5.74, 6) is 3.12. The van der Waals surface area contributed by atoms with E-state index in [0.717, 1.165) is 39.7 Å². The van der Waals surface area contributed by atoms with Crippen LogP contribution in [-0.2, 0) is 0 Å². The molecule has 0 saturated heterocycles. The molecule has 6 nitrogen and oxygen atoms in total. The monoisotopic (exact) mass is 421 g/mol. The summed E-state index contributed by atoms with van der Waals surface area (Å²) in [7, 11) is 0. The Labute approximate surface area is 186 Å². The normalized spacial score (nSPS) is 11.1. The van der Waals surface area contributed by atoms with Gasteiger partial charge in [0.15, 0.2) is 17.0 Å². The quantitative estimate of drug-likeness (QED) is 0.334. The Morgan fingerprint density at radius 1 is 0.781 bits per heavy atom. The van der Waals surface area contributed by atoms with E-state index in [-0.39, 0.29) is 6.04 Å². The molecule has 2 heterocycles. The van der Waals surface area contributed by atoms with Gasteiger partial charge in [-0.1, -0.05) is 48.5 Å². The first-order valence-electron chi connectivity index (χ1n) is 10.6. The highest BCUT2D eigenvalue weighted by Gasteiger charge is 2.19. The summed E-state index contributed by atoms with van der Waals surface area (Å²) in [6.45, 7) is 4.27. The maximum Gasteiger partial charge on any atom is 0.166 e. The Morgan fingerprint density at radius 3 is 2.12 bits per heavy atom. The zero-order chi connectivity index (χ0) is 21.9. The number of nitrogens with zero attached hydrogens (tertiary/aromatic N) is 4. The fourth-order valence-corrected chi connectivity index (χ4v) is 3.65. The van der Waals surface area contributed by atoms with Gasteiger partial charge in [0.05, 0.1) is 0 Å². The molecule has 1 N–H and O–H groups in total. The molecule has 2 aromatic heterocycles. The molecule has 0 spiro atoms. The third-order valence-corrected chi connectivity index (χ3v) is 5.12. The van der Waals surface area contributed by atoms with E-state index >= 15 is 0 Å². The molecule has 0 bridgehead atoms. The fraction of sp³-hybridized carbons (Fsp3) is 0.115. The van der Waals surface area contributed by atoms with Gasteiger partial charge in [0.25, 0.3) is 0 Å². The zero-order valence-electron chi connectivity index (χ0n) is 17.9. The second-order valence-corrected chi connectivity index (χ2v) is 7.72. The fourth-order valence-electron chi connectivity index (χ4n) is 3.65. The highest BCUT2D eigenvalue weighted by Crippen LogP contribution is 2.31. The van der Waals surface area contributed by atoms with Gasteiger partial charge >= 0.3 is 0 Å². The summed E-state index contributed by atoms with van der Waals surface area (Å²) in [6, 6.07) is 27.9. The lowest BCUT2D eigenvalue weighted by atomic mass is 10.2. The van der Waals surface area contributed by atoms with Gasteiger partial charge in [0.1, 0.15) is 23.7 Å². The highest BCUT2D eigenvalue weighted by atomic mass is 16.5. The second-order valence-electron chi connectivity index (χ2n) is 7.72. The number of para-hydroxylation sites is 1. The SMILES string of the molecule is CC(C)n1c(-c2ccccc2)nc2c(Nc3ccc(Oc4ccccc4)cc3)ncnc21. The van der Waals surface area contributed by atoms with E-state index in [1.165, 1.54) is 0 Å².